The van der Waals surface area contributed by atoms with Gasteiger partial charge in [0.05, 0.1) is 0 Å². The first-order valence-electron chi connectivity index (χ1n) is 7.55. The van der Waals surface area contributed by atoms with Crippen molar-refractivity contribution in [3.05, 3.63) is 54.1 Å². The molecule has 0 unspecified atom stereocenters. The molecular weight excluding hydrogens is 272 g/mol. The van der Waals surface area contributed by atoms with E-state index in [0.717, 1.165) is 5.75 Å². The van der Waals surface area contributed by atoms with Crippen LogP contribution in [0.5, 0.6) is 5.75 Å². The average molecular weight is 299 g/mol. The molecule has 0 heterocycles. The Balaban J connectivity index is 2.18. The van der Waals surface area contributed by atoms with E-state index in [9.17, 15) is 0 Å². The quantitative estimate of drug-likeness (QED) is 0.627. The standard InChI is InChI=1S/C19H26OSi/c1-15-7-9-16(10-8-15)17-11-13-18(14-12-17)20-21(5,6)19(2,3)4/h7-14H,1-6H3. The Morgan fingerprint density at radius 3 is 1.62 bits per heavy atom. The molecule has 1 nitrogen and oxygen atoms in total. The molecule has 0 aliphatic rings. The van der Waals surface area contributed by atoms with Crippen LogP contribution in [0.2, 0.25) is 18.1 Å². The van der Waals surface area contributed by atoms with Crippen LogP contribution in [0.1, 0.15) is 26.3 Å². The summed E-state index contributed by atoms with van der Waals surface area (Å²) in [4.78, 5) is 0. The van der Waals surface area contributed by atoms with Gasteiger partial charge in [-0.25, -0.2) is 0 Å². The first kappa shape index (κ1) is 15.8. The summed E-state index contributed by atoms with van der Waals surface area (Å²) >= 11 is 0. The van der Waals surface area contributed by atoms with Crippen molar-refractivity contribution in [2.45, 2.75) is 45.8 Å². The van der Waals surface area contributed by atoms with Crippen LogP contribution < -0.4 is 4.43 Å². The largest absolute Gasteiger partial charge is 0.544 e. The highest BCUT2D eigenvalue weighted by molar-refractivity contribution is 6.74. The summed E-state index contributed by atoms with van der Waals surface area (Å²) in [5, 5.41) is 0.225. The lowest BCUT2D eigenvalue weighted by Gasteiger charge is -2.36. The van der Waals surface area contributed by atoms with Gasteiger partial charge < -0.3 is 4.43 Å². The van der Waals surface area contributed by atoms with Gasteiger partial charge in [0.15, 0.2) is 0 Å². The molecule has 2 heteroatoms. The third-order valence-corrected chi connectivity index (χ3v) is 8.78. The highest BCUT2D eigenvalue weighted by atomic mass is 28.4. The minimum absolute atomic E-state index is 0.225. The van der Waals surface area contributed by atoms with Crippen LogP contribution in [0.3, 0.4) is 0 Å². The summed E-state index contributed by atoms with van der Waals surface area (Å²) < 4.78 is 6.32. The molecule has 2 aromatic rings. The lowest BCUT2D eigenvalue weighted by molar-refractivity contribution is 0.492. The van der Waals surface area contributed by atoms with Gasteiger partial charge in [-0.2, -0.15) is 0 Å². The smallest absolute Gasteiger partial charge is 0.250 e. The van der Waals surface area contributed by atoms with E-state index in [0.29, 0.717) is 0 Å². The molecule has 0 bridgehead atoms. The number of hydrogen-bond acceptors (Lipinski definition) is 1. The van der Waals surface area contributed by atoms with Gasteiger partial charge in [0.1, 0.15) is 5.75 Å². The highest BCUT2D eigenvalue weighted by Crippen LogP contribution is 2.37. The molecule has 2 rings (SSSR count). The van der Waals surface area contributed by atoms with Crippen LogP contribution in [0.25, 0.3) is 11.1 Å². The molecule has 0 amide bonds. The summed E-state index contributed by atoms with van der Waals surface area (Å²) in [7, 11) is -1.75. The van der Waals surface area contributed by atoms with Gasteiger partial charge in [-0.15, -0.1) is 0 Å². The Kier molecular flexibility index (Phi) is 4.29. The maximum Gasteiger partial charge on any atom is 0.250 e. The van der Waals surface area contributed by atoms with E-state index in [1.807, 2.05) is 0 Å². The molecule has 112 valence electrons. The molecule has 0 saturated carbocycles. The number of aryl methyl sites for hydroxylation is 1. The zero-order valence-electron chi connectivity index (χ0n) is 14.0. The zero-order chi connectivity index (χ0) is 15.7. The molecule has 21 heavy (non-hydrogen) atoms. The number of hydrogen-bond donors (Lipinski definition) is 0. The Hall–Kier alpha value is -1.54. The second-order valence-corrected chi connectivity index (χ2v) is 12.0. The van der Waals surface area contributed by atoms with Gasteiger partial charge in [0, 0.05) is 0 Å². The Bertz CT molecular complexity index is 589. The molecule has 0 aliphatic carbocycles. The Morgan fingerprint density at radius 2 is 1.19 bits per heavy atom. The molecule has 0 aliphatic heterocycles. The summed E-state index contributed by atoms with van der Waals surface area (Å²) in [6.45, 7) is 13.5. The SMILES string of the molecule is Cc1ccc(-c2ccc(O[Si](C)(C)C(C)(C)C)cc2)cc1. The maximum absolute atomic E-state index is 6.32. The summed E-state index contributed by atoms with van der Waals surface area (Å²) in [5.74, 6) is 0.984. The van der Waals surface area contributed by atoms with Crippen molar-refractivity contribution in [1.29, 1.82) is 0 Å². The van der Waals surface area contributed by atoms with Crippen LogP contribution >= 0.6 is 0 Å². The van der Waals surface area contributed by atoms with Crippen LogP contribution in [0.15, 0.2) is 48.5 Å². The molecule has 0 saturated heterocycles. The fourth-order valence-corrected chi connectivity index (χ4v) is 2.94. The average Bonchev–Trinajstić information content (AvgIpc) is 2.39. The van der Waals surface area contributed by atoms with Gasteiger partial charge >= 0.3 is 0 Å². The van der Waals surface area contributed by atoms with E-state index >= 15 is 0 Å². The maximum atomic E-state index is 6.32. The lowest BCUT2D eigenvalue weighted by Crippen LogP contribution is -2.43. The summed E-state index contributed by atoms with van der Waals surface area (Å²) in [6, 6.07) is 17.1. The summed E-state index contributed by atoms with van der Waals surface area (Å²) in [5.41, 5.74) is 3.77. The zero-order valence-corrected chi connectivity index (χ0v) is 15.0. The van der Waals surface area contributed by atoms with Gasteiger partial charge in [-0.3, -0.25) is 0 Å². The van der Waals surface area contributed by atoms with E-state index in [2.05, 4.69) is 89.3 Å². The van der Waals surface area contributed by atoms with E-state index < -0.39 is 8.32 Å². The van der Waals surface area contributed by atoms with Crippen molar-refractivity contribution in [3.63, 3.8) is 0 Å². The fourth-order valence-electron chi connectivity index (χ4n) is 1.91. The molecule has 0 aromatic heterocycles. The number of benzene rings is 2. The van der Waals surface area contributed by atoms with Crippen molar-refractivity contribution in [2.75, 3.05) is 0 Å². The molecule has 0 fully saturated rings. The Labute approximate surface area is 130 Å². The van der Waals surface area contributed by atoms with Crippen molar-refractivity contribution in [3.8, 4) is 16.9 Å². The van der Waals surface area contributed by atoms with Crippen LogP contribution in [-0.2, 0) is 0 Å². The molecular formula is C19H26OSi. The van der Waals surface area contributed by atoms with Gasteiger partial charge in [0.2, 0.25) is 8.32 Å². The molecule has 0 spiro atoms. The topological polar surface area (TPSA) is 9.23 Å². The third-order valence-electron chi connectivity index (χ3n) is 4.42. The van der Waals surface area contributed by atoms with Crippen LogP contribution in [-0.4, -0.2) is 8.32 Å². The summed E-state index contributed by atoms with van der Waals surface area (Å²) in [6.07, 6.45) is 0. The fraction of sp³-hybridized carbons (Fsp3) is 0.368. The molecule has 0 atom stereocenters. The van der Waals surface area contributed by atoms with E-state index in [1.54, 1.807) is 0 Å². The minimum atomic E-state index is -1.75. The monoisotopic (exact) mass is 298 g/mol. The predicted octanol–water partition coefficient (Wildman–Crippen LogP) is 6.05. The van der Waals surface area contributed by atoms with Crippen molar-refractivity contribution in [1.82, 2.24) is 0 Å². The van der Waals surface area contributed by atoms with Crippen molar-refractivity contribution < 1.29 is 4.43 Å². The van der Waals surface area contributed by atoms with Gasteiger partial charge in [-0.05, 0) is 48.3 Å². The van der Waals surface area contributed by atoms with E-state index in [-0.39, 0.29) is 5.04 Å². The third kappa shape index (κ3) is 3.76. The van der Waals surface area contributed by atoms with Gasteiger partial charge in [0.25, 0.3) is 0 Å². The molecule has 0 N–H and O–H groups in total. The second-order valence-electron chi connectivity index (χ2n) is 7.25. The second kappa shape index (κ2) is 5.68. The van der Waals surface area contributed by atoms with E-state index in [4.69, 9.17) is 4.43 Å². The van der Waals surface area contributed by atoms with Crippen molar-refractivity contribution >= 4 is 8.32 Å². The Morgan fingerprint density at radius 1 is 0.762 bits per heavy atom. The van der Waals surface area contributed by atoms with Crippen LogP contribution in [0, 0.1) is 6.92 Å². The first-order chi connectivity index (χ1) is 9.69. The van der Waals surface area contributed by atoms with Crippen LogP contribution in [0.4, 0.5) is 0 Å². The lowest BCUT2D eigenvalue weighted by atomic mass is 10.0. The highest BCUT2D eigenvalue weighted by Gasteiger charge is 2.38. The van der Waals surface area contributed by atoms with Crippen molar-refractivity contribution in [2.24, 2.45) is 0 Å². The van der Waals surface area contributed by atoms with E-state index in [1.165, 1.54) is 16.7 Å². The first-order valence-corrected chi connectivity index (χ1v) is 10.5. The van der Waals surface area contributed by atoms with Gasteiger partial charge in [-0.1, -0.05) is 62.7 Å². The molecule has 2 aromatic carbocycles. The number of rotatable bonds is 3. The molecule has 0 radical (unpaired) electrons. The minimum Gasteiger partial charge on any atom is -0.544 e. The normalized spacial score (nSPS) is 12.3. The predicted molar refractivity (Wildman–Crippen MR) is 94.4 cm³/mol.